The lowest BCUT2D eigenvalue weighted by Crippen LogP contribution is -2.29. The molecule has 1 aromatic carbocycles. The molecule has 0 spiro atoms. The summed E-state index contributed by atoms with van der Waals surface area (Å²) in [5, 5.41) is 11.1. The second kappa shape index (κ2) is 8.01. The first-order valence-electron chi connectivity index (χ1n) is 8.48. The van der Waals surface area contributed by atoms with E-state index in [-0.39, 0.29) is 16.3 Å². The van der Waals surface area contributed by atoms with Crippen molar-refractivity contribution in [3.05, 3.63) is 47.4 Å². The van der Waals surface area contributed by atoms with Crippen molar-refractivity contribution in [3.8, 4) is 0 Å². The van der Waals surface area contributed by atoms with Crippen molar-refractivity contribution in [2.45, 2.75) is 44.6 Å². The number of benzene rings is 1. The van der Waals surface area contributed by atoms with Crippen LogP contribution in [0.15, 0.2) is 35.2 Å². The molecule has 0 unspecified atom stereocenters. The molecule has 146 valence electrons. The van der Waals surface area contributed by atoms with Gasteiger partial charge in [0.25, 0.3) is 5.91 Å². The Bertz CT molecular complexity index is 919. The molecule has 9 heteroatoms. The van der Waals surface area contributed by atoms with E-state index in [1.165, 1.54) is 12.1 Å². The number of nitrogens with zero attached hydrogens (tertiary/aromatic N) is 2. The van der Waals surface area contributed by atoms with Gasteiger partial charge in [-0.2, -0.15) is 0 Å². The van der Waals surface area contributed by atoms with Crippen LogP contribution in [0.2, 0.25) is 0 Å². The number of hydrogen-bond acceptors (Lipinski definition) is 6. The first-order chi connectivity index (χ1) is 12.4. The summed E-state index contributed by atoms with van der Waals surface area (Å²) in [4.78, 5) is 20.9. The van der Waals surface area contributed by atoms with Crippen LogP contribution in [0.5, 0.6) is 0 Å². The number of aromatic nitrogens is 2. The topological polar surface area (TPSA) is 127 Å². The summed E-state index contributed by atoms with van der Waals surface area (Å²) in [6.45, 7) is 8.14. The van der Waals surface area contributed by atoms with Crippen molar-refractivity contribution in [3.63, 3.8) is 0 Å². The van der Waals surface area contributed by atoms with Crippen molar-refractivity contribution in [1.29, 1.82) is 0 Å². The van der Waals surface area contributed by atoms with E-state index in [9.17, 15) is 13.2 Å². The molecule has 4 N–H and O–H groups in total. The molecule has 0 aliphatic heterocycles. The lowest BCUT2D eigenvalue weighted by molar-refractivity contribution is 0.0948. The molecule has 2 rings (SSSR count). The smallest absolute Gasteiger partial charge is 0.270 e. The molecular weight excluding hydrogens is 366 g/mol. The predicted molar refractivity (Wildman–Crippen MR) is 104 cm³/mol. The Morgan fingerprint density at radius 3 is 2.33 bits per heavy atom. The second-order valence-electron chi connectivity index (χ2n) is 7.26. The molecule has 2 aromatic rings. The maximum Gasteiger partial charge on any atom is 0.270 e. The number of nitrogens with one attached hydrogen (secondary N) is 2. The average Bonchev–Trinajstić information content (AvgIpc) is 2.52. The zero-order valence-electron chi connectivity index (χ0n) is 15.9. The quantitative estimate of drug-likeness (QED) is 0.687. The fourth-order valence-electron chi connectivity index (χ4n) is 2.39. The van der Waals surface area contributed by atoms with Gasteiger partial charge in [0.1, 0.15) is 17.3 Å². The van der Waals surface area contributed by atoms with E-state index in [1.54, 1.807) is 25.1 Å². The number of anilines is 1. The number of amides is 1. The van der Waals surface area contributed by atoms with Gasteiger partial charge in [-0.3, -0.25) is 4.79 Å². The average molecular weight is 391 g/mol. The molecule has 0 saturated heterocycles. The third-order valence-electron chi connectivity index (χ3n) is 3.52. The Kier molecular flexibility index (Phi) is 6.17. The van der Waals surface area contributed by atoms with Gasteiger partial charge in [0.05, 0.1) is 4.90 Å². The van der Waals surface area contributed by atoms with Crippen LogP contribution in [-0.4, -0.2) is 36.4 Å². The van der Waals surface area contributed by atoms with Gasteiger partial charge in [-0.25, -0.2) is 23.5 Å². The van der Waals surface area contributed by atoms with Crippen LogP contribution in [0, 0.1) is 6.92 Å². The highest BCUT2D eigenvalue weighted by Crippen LogP contribution is 2.13. The SMILES string of the molecule is Cc1nc(NC(C)(C)C)cc(C(=O)NCCc2ccc(S(N)(=O)=O)cc2)n1. The fraction of sp³-hybridized carbons (Fsp3) is 0.389. The molecule has 0 radical (unpaired) electrons. The van der Waals surface area contributed by atoms with Crippen molar-refractivity contribution in [2.75, 3.05) is 11.9 Å². The third kappa shape index (κ3) is 6.61. The summed E-state index contributed by atoms with van der Waals surface area (Å²) in [6, 6.07) is 7.86. The molecule has 0 bridgehead atoms. The van der Waals surface area contributed by atoms with Crippen LogP contribution in [0.25, 0.3) is 0 Å². The van der Waals surface area contributed by atoms with Crippen molar-refractivity contribution in [1.82, 2.24) is 15.3 Å². The molecule has 0 fully saturated rings. The highest BCUT2D eigenvalue weighted by Gasteiger charge is 2.14. The molecule has 1 heterocycles. The van der Waals surface area contributed by atoms with Crippen LogP contribution in [0.1, 0.15) is 42.6 Å². The van der Waals surface area contributed by atoms with E-state index in [1.807, 2.05) is 20.8 Å². The van der Waals surface area contributed by atoms with Gasteiger partial charge in [-0.1, -0.05) is 12.1 Å². The van der Waals surface area contributed by atoms with Crippen LogP contribution in [0.4, 0.5) is 5.82 Å². The number of aryl methyl sites for hydroxylation is 1. The van der Waals surface area contributed by atoms with Crippen molar-refractivity contribution in [2.24, 2.45) is 5.14 Å². The normalized spacial score (nSPS) is 11.9. The number of carbonyl (C=O) groups is 1. The van der Waals surface area contributed by atoms with E-state index in [4.69, 9.17) is 5.14 Å². The summed E-state index contributed by atoms with van der Waals surface area (Å²) >= 11 is 0. The summed E-state index contributed by atoms with van der Waals surface area (Å²) in [6.07, 6.45) is 0.549. The summed E-state index contributed by atoms with van der Waals surface area (Å²) in [5.41, 5.74) is 0.994. The highest BCUT2D eigenvalue weighted by molar-refractivity contribution is 7.89. The molecule has 27 heavy (non-hydrogen) atoms. The van der Waals surface area contributed by atoms with Gasteiger partial charge in [-0.05, 0) is 51.8 Å². The number of sulfonamides is 1. The van der Waals surface area contributed by atoms with Crippen LogP contribution < -0.4 is 15.8 Å². The Morgan fingerprint density at radius 2 is 1.78 bits per heavy atom. The maximum absolute atomic E-state index is 12.4. The molecule has 0 atom stereocenters. The minimum Gasteiger partial charge on any atom is -0.365 e. The van der Waals surface area contributed by atoms with E-state index in [0.29, 0.717) is 30.3 Å². The summed E-state index contributed by atoms with van der Waals surface area (Å²) in [5.74, 6) is 0.810. The van der Waals surface area contributed by atoms with Crippen LogP contribution in [0.3, 0.4) is 0 Å². The largest absolute Gasteiger partial charge is 0.365 e. The van der Waals surface area contributed by atoms with Gasteiger partial charge in [0, 0.05) is 18.2 Å². The Balaban J connectivity index is 1.97. The Hall–Kier alpha value is -2.52. The van der Waals surface area contributed by atoms with Crippen LogP contribution >= 0.6 is 0 Å². The van der Waals surface area contributed by atoms with Gasteiger partial charge < -0.3 is 10.6 Å². The highest BCUT2D eigenvalue weighted by atomic mass is 32.2. The number of carbonyl (C=O) groups excluding carboxylic acids is 1. The van der Waals surface area contributed by atoms with E-state index >= 15 is 0 Å². The number of hydrogen-bond donors (Lipinski definition) is 3. The fourth-order valence-corrected chi connectivity index (χ4v) is 2.90. The minimum absolute atomic E-state index is 0.0608. The Labute approximate surface area is 159 Å². The van der Waals surface area contributed by atoms with Gasteiger partial charge in [-0.15, -0.1) is 0 Å². The summed E-state index contributed by atoms with van der Waals surface area (Å²) < 4.78 is 22.5. The van der Waals surface area contributed by atoms with Gasteiger partial charge >= 0.3 is 0 Å². The van der Waals surface area contributed by atoms with Gasteiger partial charge in [0.2, 0.25) is 10.0 Å². The predicted octanol–water partition coefficient (Wildman–Crippen LogP) is 1.62. The minimum atomic E-state index is -3.70. The van der Waals surface area contributed by atoms with E-state index < -0.39 is 10.0 Å². The lowest BCUT2D eigenvalue weighted by atomic mass is 10.1. The third-order valence-corrected chi connectivity index (χ3v) is 4.45. The van der Waals surface area contributed by atoms with Crippen LogP contribution in [-0.2, 0) is 16.4 Å². The zero-order chi connectivity index (χ0) is 20.2. The monoisotopic (exact) mass is 391 g/mol. The van der Waals surface area contributed by atoms with Crippen molar-refractivity contribution >= 4 is 21.7 Å². The maximum atomic E-state index is 12.4. The van der Waals surface area contributed by atoms with E-state index in [0.717, 1.165) is 5.56 Å². The zero-order valence-corrected chi connectivity index (χ0v) is 16.7. The molecule has 1 amide bonds. The van der Waals surface area contributed by atoms with Crippen molar-refractivity contribution < 1.29 is 13.2 Å². The van der Waals surface area contributed by atoms with Gasteiger partial charge in [0.15, 0.2) is 0 Å². The summed E-state index contributed by atoms with van der Waals surface area (Å²) in [7, 11) is -3.70. The lowest BCUT2D eigenvalue weighted by Gasteiger charge is -2.21. The number of rotatable bonds is 6. The molecule has 0 aliphatic rings. The number of primary sulfonamides is 1. The first-order valence-corrected chi connectivity index (χ1v) is 10.0. The Morgan fingerprint density at radius 1 is 1.15 bits per heavy atom. The standard InChI is InChI=1S/C18H25N5O3S/c1-12-21-15(11-16(22-12)23-18(2,3)4)17(24)20-10-9-13-5-7-14(8-6-13)27(19,25)26/h5-8,11H,9-10H2,1-4H3,(H,20,24)(H2,19,25,26)(H,21,22,23). The molecule has 0 saturated carbocycles. The molecule has 1 aromatic heterocycles. The second-order valence-corrected chi connectivity index (χ2v) is 8.82. The first kappa shape index (κ1) is 20.8. The number of nitrogens with two attached hydrogens (primary N) is 1. The molecular formula is C18H25N5O3S. The van der Waals surface area contributed by atoms with E-state index in [2.05, 4.69) is 20.6 Å². The molecule has 8 nitrogen and oxygen atoms in total. The molecule has 0 aliphatic carbocycles.